The first-order valence-corrected chi connectivity index (χ1v) is 14.8. The van der Waals surface area contributed by atoms with Gasteiger partial charge in [-0.05, 0) is 57.1 Å². The van der Waals surface area contributed by atoms with Crippen molar-refractivity contribution in [1.29, 1.82) is 0 Å². The van der Waals surface area contributed by atoms with Gasteiger partial charge in [0.15, 0.2) is 0 Å². The fourth-order valence-corrected chi connectivity index (χ4v) is 5.00. The average molecular weight is 593 g/mol. The number of nitrogens with zero attached hydrogens (tertiary/aromatic N) is 1. The quantitative estimate of drug-likeness (QED) is 0.323. The maximum absolute atomic E-state index is 13.8. The highest BCUT2D eigenvalue weighted by molar-refractivity contribution is 6.38. The number of alkyl carbamates (subject to hydrolysis) is 1. The minimum atomic E-state index is -1.02. The number of hydrogen-bond acceptors (Lipinski definition) is 6. The Bertz CT molecular complexity index is 1260. The van der Waals surface area contributed by atoms with Crippen LogP contribution in [0.25, 0.3) is 0 Å². The number of amides is 4. The van der Waals surface area contributed by atoms with Gasteiger partial charge in [0.1, 0.15) is 24.7 Å². The second-order valence-electron chi connectivity index (χ2n) is 12.4. The van der Waals surface area contributed by atoms with E-state index in [1.165, 1.54) is 4.90 Å². The highest BCUT2D eigenvalue weighted by Gasteiger charge is 2.41. The summed E-state index contributed by atoms with van der Waals surface area (Å²) in [6, 6.07) is 15.5. The normalized spacial score (nSPS) is 16.2. The van der Waals surface area contributed by atoms with Crippen LogP contribution in [0.4, 0.5) is 4.79 Å². The van der Waals surface area contributed by atoms with Gasteiger partial charge in [0.25, 0.3) is 5.91 Å². The molecule has 10 heteroatoms. The van der Waals surface area contributed by atoms with Crippen molar-refractivity contribution in [2.75, 3.05) is 6.54 Å². The van der Waals surface area contributed by atoms with Crippen LogP contribution in [0.3, 0.4) is 0 Å². The molecule has 3 rings (SSSR count). The fraction of sp³-hybridized carbons (Fsp3) is 0.485. The van der Waals surface area contributed by atoms with Crippen LogP contribution >= 0.6 is 0 Å². The third-order valence-corrected chi connectivity index (χ3v) is 6.98. The predicted molar refractivity (Wildman–Crippen MR) is 163 cm³/mol. The van der Waals surface area contributed by atoms with Gasteiger partial charge in [0.2, 0.25) is 17.6 Å². The van der Waals surface area contributed by atoms with Crippen molar-refractivity contribution >= 4 is 29.6 Å². The zero-order valence-corrected chi connectivity index (χ0v) is 25.7. The molecule has 0 saturated carbocycles. The molecule has 3 N–H and O–H groups in total. The average Bonchev–Trinajstić information content (AvgIpc) is 3.44. The molecule has 2 aromatic carbocycles. The van der Waals surface area contributed by atoms with Gasteiger partial charge in [0, 0.05) is 18.5 Å². The Labute approximate surface area is 253 Å². The lowest BCUT2D eigenvalue weighted by Crippen LogP contribution is -2.57. The second kappa shape index (κ2) is 15.3. The fourth-order valence-electron chi connectivity index (χ4n) is 5.00. The number of Topliss-reactive ketones (excluding diaryl/α,β-unsaturated/α-hetero) is 1. The Hall–Kier alpha value is -4.21. The monoisotopic (exact) mass is 592 g/mol. The molecule has 0 aliphatic carbocycles. The van der Waals surface area contributed by atoms with E-state index >= 15 is 0 Å². The number of ketones is 1. The summed E-state index contributed by atoms with van der Waals surface area (Å²) in [7, 11) is 0. The van der Waals surface area contributed by atoms with Crippen molar-refractivity contribution in [1.82, 2.24) is 20.9 Å². The van der Waals surface area contributed by atoms with Crippen molar-refractivity contribution in [3.63, 3.8) is 0 Å². The van der Waals surface area contributed by atoms with Gasteiger partial charge in [0.05, 0.1) is 0 Å². The van der Waals surface area contributed by atoms with Crippen molar-refractivity contribution in [3.8, 4) is 0 Å². The molecule has 0 aromatic heterocycles. The molecule has 0 radical (unpaired) electrons. The third-order valence-electron chi connectivity index (χ3n) is 6.98. The van der Waals surface area contributed by atoms with E-state index in [0.29, 0.717) is 19.3 Å². The summed E-state index contributed by atoms with van der Waals surface area (Å²) in [4.78, 5) is 67.4. The molecule has 1 aliphatic rings. The van der Waals surface area contributed by atoms with E-state index in [-0.39, 0.29) is 31.4 Å². The number of nitrogens with one attached hydrogen (secondary N) is 3. The minimum absolute atomic E-state index is 0.0320. The van der Waals surface area contributed by atoms with Gasteiger partial charge >= 0.3 is 6.09 Å². The standard InChI is InChI=1S/C33H44N4O6/c1-22(2)19-25(29(39)36-33(3,4)5)34-30(40)28(38)27-17-12-18-37(27)31(41)26(20-23-13-8-6-9-14-23)35-32(42)43-21-24-15-10-7-11-16-24/h6-11,13-16,22,25-27H,12,17-21H2,1-5H3,(H,34,40)(H,35,42)(H,36,39)/t25-,26+,27+/m1/s1. The number of likely N-dealkylation sites (tertiary alicyclic amines) is 1. The van der Waals surface area contributed by atoms with Gasteiger partial charge in [-0.3, -0.25) is 19.2 Å². The molecule has 1 aliphatic heterocycles. The van der Waals surface area contributed by atoms with Crippen LogP contribution in [0, 0.1) is 5.92 Å². The summed E-state index contributed by atoms with van der Waals surface area (Å²) < 4.78 is 5.36. The van der Waals surface area contributed by atoms with Crippen molar-refractivity contribution in [3.05, 3.63) is 71.8 Å². The van der Waals surface area contributed by atoms with Gasteiger partial charge in [-0.2, -0.15) is 0 Å². The van der Waals surface area contributed by atoms with E-state index < -0.39 is 47.4 Å². The smallest absolute Gasteiger partial charge is 0.408 e. The first-order chi connectivity index (χ1) is 20.3. The zero-order valence-electron chi connectivity index (χ0n) is 25.7. The molecular formula is C33H44N4O6. The van der Waals surface area contributed by atoms with Crippen molar-refractivity contribution < 1.29 is 28.7 Å². The van der Waals surface area contributed by atoms with Crippen LogP contribution in [0.15, 0.2) is 60.7 Å². The molecule has 0 spiro atoms. The lowest BCUT2D eigenvalue weighted by molar-refractivity contribution is -0.146. The van der Waals surface area contributed by atoms with Gasteiger partial charge in [-0.25, -0.2) is 4.79 Å². The molecule has 4 amide bonds. The molecule has 1 saturated heterocycles. The first kappa shape index (κ1) is 33.3. The summed E-state index contributed by atoms with van der Waals surface area (Å²) >= 11 is 0. The van der Waals surface area contributed by atoms with Crippen LogP contribution in [0.1, 0.15) is 65.0 Å². The summed E-state index contributed by atoms with van der Waals surface area (Å²) in [5.41, 5.74) is 1.09. The topological polar surface area (TPSA) is 134 Å². The molecule has 1 heterocycles. The Morgan fingerprint density at radius 3 is 2.07 bits per heavy atom. The highest BCUT2D eigenvalue weighted by atomic mass is 16.5. The van der Waals surface area contributed by atoms with Crippen LogP contribution < -0.4 is 16.0 Å². The lowest BCUT2D eigenvalue weighted by Gasteiger charge is -2.29. The van der Waals surface area contributed by atoms with Crippen molar-refractivity contribution in [2.45, 2.75) is 90.6 Å². The van der Waals surface area contributed by atoms with Crippen LogP contribution in [0.5, 0.6) is 0 Å². The molecule has 0 bridgehead atoms. The molecule has 3 atom stereocenters. The van der Waals surface area contributed by atoms with E-state index in [1.54, 1.807) is 0 Å². The van der Waals surface area contributed by atoms with Crippen LogP contribution in [-0.2, 0) is 36.9 Å². The SMILES string of the molecule is CC(C)C[C@@H](NC(=O)C(=O)[C@@H]1CCCN1C(=O)[C@H](Cc1ccccc1)NC(=O)OCc1ccccc1)C(=O)NC(C)(C)C. The van der Waals surface area contributed by atoms with Gasteiger partial charge in [-0.1, -0.05) is 74.5 Å². The van der Waals surface area contributed by atoms with E-state index in [9.17, 15) is 24.0 Å². The molecule has 1 fully saturated rings. The molecule has 232 valence electrons. The highest BCUT2D eigenvalue weighted by Crippen LogP contribution is 2.21. The molecule has 0 unspecified atom stereocenters. The Balaban J connectivity index is 1.73. The van der Waals surface area contributed by atoms with Gasteiger partial charge < -0.3 is 25.6 Å². The van der Waals surface area contributed by atoms with Crippen molar-refractivity contribution in [2.24, 2.45) is 5.92 Å². The number of benzene rings is 2. The second-order valence-corrected chi connectivity index (χ2v) is 12.4. The summed E-state index contributed by atoms with van der Waals surface area (Å²) in [5, 5.41) is 8.15. The summed E-state index contributed by atoms with van der Waals surface area (Å²) in [6.07, 6.45) is 0.582. The van der Waals surface area contributed by atoms with Gasteiger partial charge in [-0.15, -0.1) is 0 Å². The zero-order chi connectivity index (χ0) is 31.6. The molecule has 43 heavy (non-hydrogen) atoms. The predicted octanol–water partition coefficient (Wildman–Crippen LogP) is 3.53. The van der Waals surface area contributed by atoms with Crippen LogP contribution in [0.2, 0.25) is 0 Å². The Morgan fingerprint density at radius 2 is 1.49 bits per heavy atom. The molecule has 10 nitrogen and oxygen atoms in total. The maximum atomic E-state index is 13.8. The Kier molecular flexibility index (Phi) is 11.9. The minimum Gasteiger partial charge on any atom is -0.445 e. The number of hydrogen-bond donors (Lipinski definition) is 3. The molecular weight excluding hydrogens is 548 g/mol. The van der Waals surface area contributed by atoms with E-state index in [2.05, 4.69) is 16.0 Å². The number of carbonyl (C=O) groups excluding carboxylic acids is 5. The van der Waals surface area contributed by atoms with E-state index in [4.69, 9.17) is 4.74 Å². The number of rotatable bonds is 12. The third kappa shape index (κ3) is 10.5. The maximum Gasteiger partial charge on any atom is 0.408 e. The van der Waals surface area contributed by atoms with E-state index in [0.717, 1.165) is 11.1 Å². The largest absolute Gasteiger partial charge is 0.445 e. The first-order valence-electron chi connectivity index (χ1n) is 14.8. The van der Waals surface area contributed by atoms with Crippen LogP contribution in [-0.4, -0.2) is 64.7 Å². The Morgan fingerprint density at radius 1 is 0.884 bits per heavy atom. The number of carbonyl (C=O) groups is 5. The van der Waals surface area contributed by atoms with E-state index in [1.807, 2.05) is 95.3 Å². The lowest BCUT2D eigenvalue weighted by atomic mass is 10.00. The summed E-state index contributed by atoms with van der Waals surface area (Å²) in [6.45, 7) is 9.65. The summed E-state index contributed by atoms with van der Waals surface area (Å²) in [5.74, 6) is -2.46. The molecule has 2 aromatic rings. The number of ether oxygens (including phenoxy) is 1.